The third-order valence-electron chi connectivity index (χ3n) is 1.80. The van der Waals surface area contributed by atoms with Gasteiger partial charge < -0.3 is 15.9 Å². The van der Waals surface area contributed by atoms with E-state index in [1.165, 1.54) is 6.07 Å². The Morgan fingerprint density at radius 3 is 2.62 bits per heavy atom. The van der Waals surface area contributed by atoms with Gasteiger partial charge >= 0.3 is 0 Å². The van der Waals surface area contributed by atoms with Crippen molar-refractivity contribution in [3.05, 3.63) is 28.2 Å². The molecule has 13 heavy (non-hydrogen) atoms. The number of halogens is 1. The molecular formula is C9H12BrNO2. The van der Waals surface area contributed by atoms with Gasteiger partial charge in [0.1, 0.15) is 5.75 Å². The average Bonchev–Trinajstić information content (AvgIpc) is 2.08. The summed E-state index contributed by atoms with van der Waals surface area (Å²) in [5.41, 5.74) is 6.14. The van der Waals surface area contributed by atoms with E-state index in [1.54, 1.807) is 19.1 Å². The lowest BCUT2D eigenvalue weighted by atomic mass is 10.0. The lowest BCUT2D eigenvalue weighted by Crippen LogP contribution is -2.24. The SMILES string of the molecule is CC(N)C(O)c1cc(O)ccc1Br. The van der Waals surface area contributed by atoms with Crippen LogP contribution in [0.15, 0.2) is 22.7 Å². The average molecular weight is 246 g/mol. The van der Waals surface area contributed by atoms with E-state index in [2.05, 4.69) is 15.9 Å². The highest BCUT2D eigenvalue weighted by molar-refractivity contribution is 9.10. The van der Waals surface area contributed by atoms with E-state index < -0.39 is 6.10 Å². The van der Waals surface area contributed by atoms with E-state index in [4.69, 9.17) is 5.73 Å². The number of aromatic hydroxyl groups is 1. The van der Waals surface area contributed by atoms with Crippen LogP contribution in [-0.2, 0) is 0 Å². The normalized spacial score (nSPS) is 15.4. The van der Waals surface area contributed by atoms with Gasteiger partial charge in [0, 0.05) is 10.5 Å². The number of phenolic OH excluding ortho intramolecular Hbond substituents is 1. The van der Waals surface area contributed by atoms with E-state index in [0.29, 0.717) is 5.56 Å². The van der Waals surface area contributed by atoms with Gasteiger partial charge in [-0.15, -0.1) is 0 Å². The number of benzene rings is 1. The number of hydrogen-bond acceptors (Lipinski definition) is 3. The molecule has 0 spiro atoms. The van der Waals surface area contributed by atoms with Crippen LogP contribution in [0.1, 0.15) is 18.6 Å². The molecule has 0 aliphatic carbocycles. The zero-order chi connectivity index (χ0) is 10.0. The molecule has 0 fully saturated rings. The first-order valence-corrected chi connectivity index (χ1v) is 4.73. The van der Waals surface area contributed by atoms with Crippen molar-refractivity contribution in [1.29, 1.82) is 0 Å². The fourth-order valence-corrected chi connectivity index (χ4v) is 1.52. The second-order valence-corrected chi connectivity index (χ2v) is 3.86. The van der Waals surface area contributed by atoms with E-state index in [0.717, 1.165) is 4.47 Å². The third-order valence-corrected chi connectivity index (χ3v) is 2.52. The fourth-order valence-electron chi connectivity index (χ4n) is 1.04. The first-order valence-electron chi connectivity index (χ1n) is 3.94. The Hall–Kier alpha value is -0.580. The van der Waals surface area contributed by atoms with Crippen molar-refractivity contribution >= 4 is 15.9 Å². The minimum absolute atomic E-state index is 0.123. The van der Waals surface area contributed by atoms with E-state index in [9.17, 15) is 10.2 Å². The summed E-state index contributed by atoms with van der Waals surface area (Å²) in [7, 11) is 0. The summed E-state index contributed by atoms with van der Waals surface area (Å²) in [6.45, 7) is 1.71. The van der Waals surface area contributed by atoms with Crippen molar-refractivity contribution in [3.63, 3.8) is 0 Å². The lowest BCUT2D eigenvalue weighted by molar-refractivity contribution is 0.152. The maximum absolute atomic E-state index is 9.64. The molecule has 72 valence electrons. The fraction of sp³-hybridized carbons (Fsp3) is 0.333. The summed E-state index contributed by atoms with van der Waals surface area (Å²) < 4.78 is 0.745. The number of hydrogen-bond donors (Lipinski definition) is 3. The largest absolute Gasteiger partial charge is 0.508 e. The smallest absolute Gasteiger partial charge is 0.116 e. The monoisotopic (exact) mass is 245 g/mol. The molecule has 2 unspecified atom stereocenters. The molecule has 0 heterocycles. The molecule has 0 aliphatic rings. The Kier molecular flexibility index (Phi) is 3.30. The van der Waals surface area contributed by atoms with Gasteiger partial charge in [-0.25, -0.2) is 0 Å². The standard InChI is InChI=1S/C9H12BrNO2/c1-5(11)9(13)7-4-6(12)2-3-8(7)10/h2-5,9,12-13H,11H2,1H3. The van der Waals surface area contributed by atoms with E-state index in [1.807, 2.05) is 0 Å². The van der Waals surface area contributed by atoms with Crippen LogP contribution in [0.3, 0.4) is 0 Å². The number of aliphatic hydroxyl groups excluding tert-OH is 1. The van der Waals surface area contributed by atoms with Gasteiger partial charge in [0.25, 0.3) is 0 Å². The first-order chi connectivity index (χ1) is 6.02. The van der Waals surface area contributed by atoms with Crippen LogP contribution in [0.2, 0.25) is 0 Å². The van der Waals surface area contributed by atoms with Crippen LogP contribution in [0.25, 0.3) is 0 Å². The van der Waals surface area contributed by atoms with Gasteiger partial charge in [0.15, 0.2) is 0 Å². The summed E-state index contributed by atoms with van der Waals surface area (Å²) >= 11 is 3.27. The molecule has 1 rings (SSSR count). The molecule has 0 radical (unpaired) electrons. The molecule has 4 heteroatoms. The topological polar surface area (TPSA) is 66.5 Å². The Bertz CT molecular complexity index is 302. The third kappa shape index (κ3) is 2.43. The molecule has 1 aromatic rings. The van der Waals surface area contributed by atoms with Crippen molar-refractivity contribution < 1.29 is 10.2 Å². The van der Waals surface area contributed by atoms with Gasteiger partial charge in [-0.2, -0.15) is 0 Å². The van der Waals surface area contributed by atoms with Gasteiger partial charge in [-0.3, -0.25) is 0 Å². The van der Waals surface area contributed by atoms with Gasteiger partial charge in [0.2, 0.25) is 0 Å². The van der Waals surface area contributed by atoms with Crippen LogP contribution in [-0.4, -0.2) is 16.3 Å². The second kappa shape index (κ2) is 4.09. The molecule has 0 bridgehead atoms. The Balaban J connectivity index is 3.05. The minimum Gasteiger partial charge on any atom is -0.508 e. The Morgan fingerprint density at radius 1 is 1.46 bits per heavy atom. The van der Waals surface area contributed by atoms with E-state index >= 15 is 0 Å². The highest BCUT2D eigenvalue weighted by Crippen LogP contribution is 2.28. The van der Waals surface area contributed by atoms with Crippen LogP contribution >= 0.6 is 15.9 Å². The van der Waals surface area contributed by atoms with Crippen LogP contribution in [0.4, 0.5) is 0 Å². The van der Waals surface area contributed by atoms with Crippen molar-refractivity contribution in [2.45, 2.75) is 19.1 Å². The molecule has 3 nitrogen and oxygen atoms in total. The van der Waals surface area contributed by atoms with Gasteiger partial charge in [-0.1, -0.05) is 15.9 Å². The number of nitrogens with two attached hydrogens (primary N) is 1. The van der Waals surface area contributed by atoms with Crippen LogP contribution in [0.5, 0.6) is 5.75 Å². The molecule has 0 aromatic heterocycles. The predicted octanol–water partition coefficient (Wildman–Crippen LogP) is 1.54. The molecule has 0 saturated heterocycles. The van der Waals surface area contributed by atoms with Crippen molar-refractivity contribution in [2.75, 3.05) is 0 Å². The maximum Gasteiger partial charge on any atom is 0.116 e. The van der Waals surface area contributed by atoms with Gasteiger partial charge in [0.05, 0.1) is 6.10 Å². The first kappa shape index (κ1) is 10.5. The number of aliphatic hydroxyl groups is 1. The summed E-state index contributed by atoms with van der Waals surface area (Å²) in [6.07, 6.45) is -0.763. The lowest BCUT2D eigenvalue weighted by Gasteiger charge is -2.16. The zero-order valence-electron chi connectivity index (χ0n) is 7.24. The second-order valence-electron chi connectivity index (χ2n) is 3.01. The predicted molar refractivity (Wildman–Crippen MR) is 54.4 cm³/mol. The summed E-state index contributed by atoms with van der Waals surface area (Å²) in [5.74, 6) is 0.123. The molecule has 0 saturated carbocycles. The Labute approximate surface area is 85.3 Å². The molecule has 0 aliphatic heterocycles. The van der Waals surface area contributed by atoms with Gasteiger partial charge in [-0.05, 0) is 30.7 Å². The van der Waals surface area contributed by atoms with Crippen molar-refractivity contribution in [3.8, 4) is 5.75 Å². The number of rotatable bonds is 2. The summed E-state index contributed by atoms with van der Waals surface area (Å²) in [5, 5.41) is 18.8. The van der Waals surface area contributed by atoms with E-state index in [-0.39, 0.29) is 11.8 Å². The van der Waals surface area contributed by atoms with Crippen LogP contribution in [0, 0.1) is 0 Å². The minimum atomic E-state index is -0.763. The summed E-state index contributed by atoms with van der Waals surface area (Å²) in [4.78, 5) is 0. The maximum atomic E-state index is 9.64. The Morgan fingerprint density at radius 2 is 2.08 bits per heavy atom. The highest BCUT2D eigenvalue weighted by Gasteiger charge is 2.15. The highest BCUT2D eigenvalue weighted by atomic mass is 79.9. The molecular weight excluding hydrogens is 234 g/mol. The number of phenols is 1. The molecule has 0 amide bonds. The molecule has 4 N–H and O–H groups in total. The van der Waals surface area contributed by atoms with Crippen LogP contribution < -0.4 is 5.73 Å². The quantitative estimate of drug-likeness (QED) is 0.741. The molecule has 2 atom stereocenters. The summed E-state index contributed by atoms with van der Waals surface area (Å²) in [6, 6.07) is 4.36. The van der Waals surface area contributed by atoms with Crippen molar-refractivity contribution in [2.24, 2.45) is 5.73 Å². The molecule has 1 aromatic carbocycles. The zero-order valence-corrected chi connectivity index (χ0v) is 8.82. The van der Waals surface area contributed by atoms with Crippen molar-refractivity contribution in [1.82, 2.24) is 0 Å².